The van der Waals surface area contributed by atoms with Crippen LogP contribution in [-0.2, 0) is 10.1 Å². The van der Waals surface area contributed by atoms with Crippen LogP contribution in [0.4, 0.5) is 11.6 Å². The Labute approximate surface area is 169 Å². The molecule has 2 aromatic carbocycles. The fourth-order valence-corrected chi connectivity index (χ4v) is 2.90. The number of hydrogen-bond acceptors (Lipinski definition) is 7. The molecule has 0 bridgehead atoms. The van der Waals surface area contributed by atoms with Gasteiger partial charge in [-0.15, -0.1) is 0 Å². The van der Waals surface area contributed by atoms with E-state index in [0.29, 0.717) is 16.5 Å². The van der Waals surface area contributed by atoms with Crippen LogP contribution in [0.5, 0.6) is 0 Å². The molecule has 3 rings (SSSR count). The number of hydrogen-bond donors (Lipinski definition) is 1. The Morgan fingerprint density at radius 3 is 2.29 bits per heavy atom. The largest absolute Gasteiger partial charge is 1.00 e. The summed E-state index contributed by atoms with van der Waals surface area (Å²) in [6.07, 6.45) is 0. The molecule has 0 aliphatic heterocycles. The molecule has 0 amide bonds. The Morgan fingerprint density at radius 2 is 1.67 bits per heavy atom. The first-order chi connectivity index (χ1) is 10.8. The summed E-state index contributed by atoms with van der Waals surface area (Å²) in [7, 11) is -4.52. The van der Waals surface area contributed by atoms with Gasteiger partial charge in [-0.25, -0.2) is 8.42 Å². The monoisotopic (exact) mass is 392 g/mol. The number of rotatable bonds is 3. The SMILES string of the molecule is O=S(=O)([O-])c1ccc2c(Nc3nc(Cl)nc(Cl)n3)cccc2c1.[Na+]. The molecule has 118 valence electrons. The van der Waals surface area contributed by atoms with Crippen LogP contribution in [0, 0.1) is 0 Å². The number of nitrogens with zero attached hydrogens (tertiary/aromatic N) is 3. The predicted octanol–water partition coefficient (Wildman–Crippen LogP) is -0.0167. The average molecular weight is 393 g/mol. The number of fused-ring (bicyclic) bond motifs is 1. The van der Waals surface area contributed by atoms with Crippen LogP contribution in [0.1, 0.15) is 0 Å². The van der Waals surface area contributed by atoms with Gasteiger partial charge in [0.25, 0.3) is 0 Å². The van der Waals surface area contributed by atoms with E-state index < -0.39 is 10.1 Å². The zero-order valence-electron chi connectivity index (χ0n) is 12.2. The molecular formula is C13H7Cl2N4NaO3S. The van der Waals surface area contributed by atoms with E-state index in [1.54, 1.807) is 18.2 Å². The first-order valence-corrected chi connectivity index (χ1v) is 8.32. The molecular weight excluding hydrogens is 386 g/mol. The first-order valence-electron chi connectivity index (χ1n) is 6.16. The van der Waals surface area contributed by atoms with Crippen LogP contribution in [0.2, 0.25) is 10.6 Å². The maximum Gasteiger partial charge on any atom is 1.00 e. The van der Waals surface area contributed by atoms with Crippen molar-refractivity contribution in [3.05, 3.63) is 47.0 Å². The Hall–Kier alpha value is -1.00. The summed E-state index contributed by atoms with van der Waals surface area (Å²) < 4.78 is 33.3. The molecule has 0 saturated heterocycles. The van der Waals surface area contributed by atoms with Crippen molar-refractivity contribution in [1.82, 2.24) is 15.0 Å². The predicted molar refractivity (Wildman–Crippen MR) is 85.0 cm³/mol. The quantitative estimate of drug-likeness (QED) is 0.492. The van der Waals surface area contributed by atoms with Gasteiger partial charge < -0.3 is 9.87 Å². The Balaban J connectivity index is 0.00000208. The molecule has 24 heavy (non-hydrogen) atoms. The first kappa shape index (κ1) is 19.3. The molecule has 0 saturated carbocycles. The van der Waals surface area contributed by atoms with Gasteiger partial charge in [0.1, 0.15) is 10.1 Å². The topological polar surface area (TPSA) is 108 Å². The maximum absolute atomic E-state index is 11.1. The molecule has 0 unspecified atom stereocenters. The van der Waals surface area contributed by atoms with Crippen molar-refractivity contribution in [2.75, 3.05) is 5.32 Å². The number of aromatic nitrogens is 3. The zero-order valence-corrected chi connectivity index (χ0v) is 16.5. The summed E-state index contributed by atoms with van der Waals surface area (Å²) in [6.45, 7) is 0. The number of nitrogens with one attached hydrogen (secondary N) is 1. The fraction of sp³-hybridized carbons (Fsp3) is 0. The van der Waals surface area contributed by atoms with Crippen LogP contribution >= 0.6 is 23.2 Å². The van der Waals surface area contributed by atoms with Gasteiger partial charge in [-0.2, -0.15) is 15.0 Å². The molecule has 0 spiro atoms. The number of benzene rings is 2. The molecule has 1 heterocycles. The van der Waals surface area contributed by atoms with Crippen molar-refractivity contribution in [3.63, 3.8) is 0 Å². The van der Waals surface area contributed by atoms with Crippen molar-refractivity contribution in [1.29, 1.82) is 0 Å². The van der Waals surface area contributed by atoms with E-state index in [-0.39, 0.29) is 51.0 Å². The van der Waals surface area contributed by atoms with E-state index in [9.17, 15) is 13.0 Å². The summed E-state index contributed by atoms with van der Waals surface area (Å²) in [5.41, 5.74) is 0.593. The summed E-state index contributed by atoms with van der Waals surface area (Å²) in [6, 6.07) is 9.17. The normalized spacial score (nSPS) is 11.1. The second kappa shape index (κ2) is 7.49. The van der Waals surface area contributed by atoms with Gasteiger partial charge in [0.2, 0.25) is 16.5 Å². The van der Waals surface area contributed by atoms with Crippen LogP contribution < -0.4 is 34.9 Å². The molecule has 1 N–H and O–H groups in total. The van der Waals surface area contributed by atoms with Crippen LogP contribution in [0.3, 0.4) is 0 Å². The van der Waals surface area contributed by atoms with Crippen LogP contribution in [0.25, 0.3) is 10.8 Å². The van der Waals surface area contributed by atoms with E-state index in [1.807, 2.05) is 0 Å². The van der Waals surface area contributed by atoms with Crippen molar-refractivity contribution in [3.8, 4) is 0 Å². The second-order valence-corrected chi connectivity index (χ2v) is 6.52. The Morgan fingerprint density at radius 1 is 1.00 bits per heavy atom. The summed E-state index contributed by atoms with van der Waals surface area (Å²) in [4.78, 5) is 11.1. The molecule has 3 aromatic rings. The number of halogens is 2. The molecule has 1 aromatic heterocycles. The summed E-state index contributed by atoms with van der Waals surface area (Å²) >= 11 is 11.4. The average Bonchev–Trinajstić information content (AvgIpc) is 2.45. The van der Waals surface area contributed by atoms with Gasteiger partial charge in [-0.1, -0.05) is 18.2 Å². The molecule has 0 radical (unpaired) electrons. The van der Waals surface area contributed by atoms with Gasteiger partial charge in [0.05, 0.1) is 4.90 Å². The van der Waals surface area contributed by atoms with E-state index >= 15 is 0 Å². The van der Waals surface area contributed by atoms with Crippen molar-refractivity contribution < 1.29 is 42.5 Å². The maximum atomic E-state index is 11.1. The van der Waals surface area contributed by atoms with Crippen molar-refractivity contribution in [2.24, 2.45) is 0 Å². The van der Waals surface area contributed by atoms with Crippen molar-refractivity contribution in [2.45, 2.75) is 4.90 Å². The van der Waals surface area contributed by atoms with Gasteiger partial charge in [0, 0.05) is 11.1 Å². The minimum Gasteiger partial charge on any atom is -0.744 e. The van der Waals surface area contributed by atoms with Gasteiger partial charge >= 0.3 is 29.6 Å². The molecule has 0 aliphatic rings. The Kier molecular flexibility index (Phi) is 6.03. The van der Waals surface area contributed by atoms with Crippen LogP contribution in [-0.4, -0.2) is 27.9 Å². The Bertz CT molecular complexity index is 997. The standard InChI is InChI=1S/C13H8Cl2N4O3S.Na/c14-11-17-12(15)19-13(18-11)16-10-3-1-2-7-6-8(23(20,21)22)4-5-9(7)10;/h1-6H,(H,20,21,22)(H,16,17,18,19);/q;+1/p-1. The van der Waals surface area contributed by atoms with Crippen molar-refractivity contribution >= 4 is 55.7 Å². The second-order valence-electron chi connectivity index (χ2n) is 4.46. The van der Waals surface area contributed by atoms with Gasteiger partial charge in [-0.3, -0.25) is 0 Å². The summed E-state index contributed by atoms with van der Waals surface area (Å²) in [5, 5.41) is 4.04. The fourth-order valence-electron chi connectivity index (χ4n) is 2.03. The smallest absolute Gasteiger partial charge is 0.744 e. The van der Waals surface area contributed by atoms with E-state index in [0.717, 1.165) is 0 Å². The molecule has 7 nitrogen and oxygen atoms in total. The third-order valence-corrected chi connectivity index (χ3v) is 4.14. The van der Waals surface area contributed by atoms with Crippen LogP contribution in [0.15, 0.2) is 41.3 Å². The molecule has 0 atom stereocenters. The van der Waals surface area contributed by atoms with Gasteiger partial charge in [0.15, 0.2) is 0 Å². The van der Waals surface area contributed by atoms with E-state index in [4.69, 9.17) is 23.2 Å². The minimum absolute atomic E-state index is 0. The molecule has 11 heteroatoms. The summed E-state index contributed by atoms with van der Waals surface area (Å²) in [5.74, 6) is 0.142. The third-order valence-electron chi connectivity index (χ3n) is 2.97. The molecule has 0 fully saturated rings. The minimum atomic E-state index is -4.52. The number of anilines is 2. The molecule has 0 aliphatic carbocycles. The zero-order chi connectivity index (χ0) is 16.6. The third kappa shape index (κ3) is 4.34. The van der Waals surface area contributed by atoms with Gasteiger partial charge in [-0.05, 0) is 46.8 Å². The van der Waals surface area contributed by atoms with E-state index in [2.05, 4.69) is 20.3 Å². The van der Waals surface area contributed by atoms with E-state index in [1.165, 1.54) is 18.2 Å².